The average Bonchev–Trinajstić information content (AvgIpc) is 3.03. The van der Waals surface area contributed by atoms with Gasteiger partial charge in [-0.3, -0.25) is 0 Å². The minimum Gasteiger partial charge on any atom is -0.486 e. The molecule has 0 atom stereocenters. The first-order chi connectivity index (χ1) is 13.5. The zero-order valence-electron chi connectivity index (χ0n) is 17.9. The molecule has 0 saturated heterocycles. The minimum atomic E-state index is 0.157. The zero-order valence-corrected chi connectivity index (χ0v) is 17.9. The highest BCUT2D eigenvalue weighted by atomic mass is 16.5. The van der Waals surface area contributed by atoms with Gasteiger partial charge in [0.15, 0.2) is 0 Å². The van der Waals surface area contributed by atoms with Crippen molar-refractivity contribution in [1.82, 2.24) is 9.55 Å². The first-order valence-corrected chi connectivity index (χ1v) is 10.7. The van der Waals surface area contributed by atoms with Gasteiger partial charge in [0.1, 0.15) is 18.2 Å². The van der Waals surface area contributed by atoms with Crippen LogP contribution >= 0.6 is 0 Å². The maximum absolute atomic E-state index is 6.09. The van der Waals surface area contributed by atoms with E-state index in [2.05, 4.69) is 80.8 Å². The van der Waals surface area contributed by atoms with Crippen molar-refractivity contribution in [2.24, 2.45) is 0 Å². The summed E-state index contributed by atoms with van der Waals surface area (Å²) in [4.78, 5) is 4.84. The average molecular weight is 379 g/mol. The van der Waals surface area contributed by atoms with Crippen LogP contribution in [0.15, 0.2) is 48.5 Å². The van der Waals surface area contributed by atoms with Gasteiger partial charge in [-0.15, -0.1) is 0 Å². The van der Waals surface area contributed by atoms with Crippen LogP contribution in [0.4, 0.5) is 0 Å². The molecule has 0 saturated carbocycles. The summed E-state index contributed by atoms with van der Waals surface area (Å²) in [5, 5.41) is 0. The lowest BCUT2D eigenvalue weighted by Gasteiger charge is -2.19. The Hall–Kier alpha value is -2.29. The molecule has 0 bridgehead atoms. The molecule has 3 aromatic rings. The number of benzene rings is 2. The fourth-order valence-corrected chi connectivity index (χ4v) is 3.56. The predicted octanol–water partition coefficient (Wildman–Crippen LogP) is 6.88. The van der Waals surface area contributed by atoms with Gasteiger partial charge in [0, 0.05) is 6.54 Å². The van der Waals surface area contributed by atoms with Crippen molar-refractivity contribution in [3.63, 3.8) is 0 Å². The molecule has 0 radical (unpaired) electrons. The fourth-order valence-electron chi connectivity index (χ4n) is 3.56. The van der Waals surface area contributed by atoms with Crippen LogP contribution in [0.25, 0.3) is 11.0 Å². The van der Waals surface area contributed by atoms with Gasteiger partial charge in [-0.1, -0.05) is 77.6 Å². The van der Waals surface area contributed by atoms with Crippen LogP contribution in [0.2, 0.25) is 0 Å². The van der Waals surface area contributed by atoms with Crippen LogP contribution in [0.5, 0.6) is 5.75 Å². The van der Waals surface area contributed by atoms with Crippen molar-refractivity contribution in [2.75, 3.05) is 0 Å². The molecule has 0 fully saturated rings. The van der Waals surface area contributed by atoms with Gasteiger partial charge in [0.2, 0.25) is 0 Å². The van der Waals surface area contributed by atoms with Gasteiger partial charge < -0.3 is 9.30 Å². The van der Waals surface area contributed by atoms with E-state index >= 15 is 0 Å². The number of hydrogen-bond donors (Lipinski definition) is 0. The van der Waals surface area contributed by atoms with Crippen molar-refractivity contribution in [1.29, 1.82) is 0 Å². The third-order valence-corrected chi connectivity index (χ3v) is 5.31. The van der Waals surface area contributed by atoms with E-state index in [1.165, 1.54) is 43.2 Å². The Labute approximate surface area is 169 Å². The highest BCUT2D eigenvalue weighted by molar-refractivity contribution is 5.75. The predicted molar refractivity (Wildman–Crippen MR) is 118 cm³/mol. The van der Waals surface area contributed by atoms with Crippen LogP contribution in [-0.4, -0.2) is 9.55 Å². The first-order valence-electron chi connectivity index (χ1n) is 10.7. The van der Waals surface area contributed by atoms with E-state index in [1.54, 1.807) is 0 Å². The molecule has 3 rings (SSSR count). The summed E-state index contributed by atoms with van der Waals surface area (Å²) >= 11 is 0. The Morgan fingerprint density at radius 2 is 1.61 bits per heavy atom. The van der Waals surface area contributed by atoms with Crippen LogP contribution < -0.4 is 4.74 Å². The van der Waals surface area contributed by atoms with Gasteiger partial charge in [-0.25, -0.2) is 4.98 Å². The molecule has 2 aromatic carbocycles. The lowest BCUT2D eigenvalue weighted by Crippen LogP contribution is -2.11. The Morgan fingerprint density at radius 1 is 0.893 bits per heavy atom. The number of nitrogens with zero attached hydrogens (tertiary/aromatic N) is 2. The van der Waals surface area contributed by atoms with E-state index in [9.17, 15) is 0 Å². The Balaban J connectivity index is 1.70. The number of fused-ring (bicyclic) bond motifs is 1. The van der Waals surface area contributed by atoms with Crippen LogP contribution in [0.3, 0.4) is 0 Å². The highest BCUT2D eigenvalue weighted by Gasteiger charge is 2.14. The zero-order chi connectivity index (χ0) is 20.0. The number of ether oxygens (including phenoxy) is 1. The van der Waals surface area contributed by atoms with Crippen molar-refractivity contribution >= 4 is 11.0 Å². The van der Waals surface area contributed by atoms with Crippen molar-refractivity contribution in [3.8, 4) is 5.75 Å². The van der Waals surface area contributed by atoms with Gasteiger partial charge in [-0.2, -0.15) is 0 Å². The summed E-state index contributed by atoms with van der Waals surface area (Å²) < 4.78 is 8.43. The third kappa shape index (κ3) is 5.15. The Bertz CT molecular complexity index is 872. The second-order valence-corrected chi connectivity index (χ2v) is 8.65. The number of unbranched alkanes of at least 4 members (excludes halogenated alkanes) is 4. The number of imidazole rings is 1. The van der Waals surface area contributed by atoms with Crippen molar-refractivity contribution < 1.29 is 4.74 Å². The SMILES string of the molecule is CCCCCCCn1c(COc2ccc(C(C)(C)C)cc2)nc2ccccc21. The van der Waals surface area contributed by atoms with Gasteiger partial charge >= 0.3 is 0 Å². The number of rotatable bonds is 9. The molecule has 3 nitrogen and oxygen atoms in total. The summed E-state index contributed by atoms with van der Waals surface area (Å²) in [7, 11) is 0. The minimum absolute atomic E-state index is 0.157. The molecular weight excluding hydrogens is 344 g/mol. The second-order valence-electron chi connectivity index (χ2n) is 8.65. The van der Waals surface area contributed by atoms with E-state index in [1.807, 2.05) is 0 Å². The second kappa shape index (κ2) is 9.27. The standard InChI is InChI=1S/C25H34N2O/c1-5-6-7-8-11-18-27-23-13-10-9-12-22(23)26-24(27)19-28-21-16-14-20(15-17-21)25(2,3)4/h9-10,12-17H,5-8,11,18-19H2,1-4H3. The van der Waals surface area contributed by atoms with Crippen molar-refractivity contribution in [3.05, 3.63) is 59.9 Å². The van der Waals surface area contributed by atoms with E-state index in [4.69, 9.17) is 9.72 Å². The van der Waals surface area contributed by atoms with E-state index in [0.717, 1.165) is 23.6 Å². The number of aromatic nitrogens is 2. The van der Waals surface area contributed by atoms with E-state index in [0.29, 0.717) is 6.61 Å². The van der Waals surface area contributed by atoms with Gasteiger partial charge in [0.25, 0.3) is 0 Å². The summed E-state index contributed by atoms with van der Waals surface area (Å²) in [6.07, 6.45) is 6.38. The van der Waals surface area contributed by atoms with Crippen molar-refractivity contribution in [2.45, 2.75) is 78.4 Å². The molecule has 0 amide bonds. The smallest absolute Gasteiger partial charge is 0.147 e. The molecule has 3 heteroatoms. The Morgan fingerprint density at radius 3 is 2.32 bits per heavy atom. The molecule has 0 N–H and O–H groups in total. The molecule has 28 heavy (non-hydrogen) atoms. The molecule has 1 heterocycles. The third-order valence-electron chi connectivity index (χ3n) is 5.31. The monoisotopic (exact) mass is 378 g/mol. The largest absolute Gasteiger partial charge is 0.486 e. The number of hydrogen-bond acceptors (Lipinski definition) is 2. The molecular formula is C25H34N2O. The highest BCUT2D eigenvalue weighted by Crippen LogP contribution is 2.25. The summed E-state index contributed by atoms with van der Waals surface area (Å²) in [6.45, 7) is 10.4. The lowest BCUT2D eigenvalue weighted by molar-refractivity contribution is 0.289. The summed E-state index contributed by atoms with van der Waals surface area (Å²) in [6, 6.07) is 16.8. The van der Waals surface area contributed by atoms with Gasteiger partial charge in [0.05, 0.1) is 11.0 Å². The van der Waals surface area contributed by atoms with E-state index < -0.39 is 0 Å². The summed E-state index contributed by atoms with van der Waals surface area (Å²) in [5.41, 5.74) is 3.74. The number of para-hydroxylation sites is 2. The topological polar surface area (TPSA) is 27.1 Å². The quantitative estimate of drug-likeness (QED) is 0.379. The normalized spacial score (nSPS) is 11.9. The maximum atomic E-state index is 6.09. The molecule has 1 aromatic heterocycles. The van der Waals surface area contributed by atoms with Crippen LogP contribution in [0, 0.1) is 0 Å². The number of aryl methyl sites for hydroxylation is 1. The first kappa shape index (κ1) is 20.4. The Kier molecular flexibility index (Phi) is 6.77. The van der Waals surface area contributed by atoms with Crippen LogP contribution in [-0.2, 0) is 18.6 Å². The lowest BCUT2D eigenvalue weighted by atomic mass is 9.87. The molecule has 0 aliphatic heterocycles. The van der Waals surface area contributed by atoms with Gasteiger partial charge in [-0.05, 0) is 41.7 Å². The molecule has 0 aliphatic carbocycles. The maximum Gasteiger partial charge on any atom is 0.147 e. The fraction of sp³-hybridized carbons (Fsp3) is 0.480. The molecule has 0 unspecified atom stereocenters. The molecule has 150 valence electrons. The van der Waals surface area contributed by atoms with Crippen LogP contribution in [0.1, 0.15) is 71.2 Å². The van der Waals surface area contributed by atoms with E-state index in [-0.39, 0.29) is 5.41 Å². The molecule has 0 spiro atoms. The molecule has 0 aliphatic rings. The summed E-state index contributed by atoms with van der Waals surface area (Å²) in [5.74, 6) is 1.91.